The van der Waals surface area contributed by atoms with Crippen molar-refractivity contribution in [1.82, 2.24) is 4.98 Å². The van der Waals surface area contributed by atoms with Crippen LogP contribution < -0.4 is 11.5 Å². The Balaban J connectivity index is 2.85. The van der Waals surface area contributed by atoms with Crippen LogP contribution >= 0.6 is 11.8 Å². The van der Waals surface area contributed by atoms with E-state index in [4.69, 9.17) is 11.5 Å². The quantitative estimate of drug-likeness (QED) is 0.761. The van der Waals surface area contributed by atoms with Crippen molar-refractivity contribution in [2.45, 2.75) is 18.9 Å². The third-order valence-electron chi connectivity index (χ3n) is 1.70. The van der Waals surface area contributed by atoms with Crippen molar-refractivity contribution in [3.63, 3.8) is 0 Å². The molecule has 1 aromatic rings. The number of thioether (sulfide) groups is 1. The van der Waals surface area contributed by atoms with E-state index in [1.165, 1.54) is 6.07 Å². The average Bonchev–Trinajstić information content (AvgIpc) is 2.16. The summed E-state index contributed by atoms with van der Waals surface area (Å²) >= 11 is 1.54. The van der Waals surface area contributed by atoms with Crippen molar-refractivity contribution in [2.24, 2.45) is 11.7 Å². The Hall–Kier alpha value is -1.23. The van der Waals surface area contributed by atoms with Crippen molar-refractivity contribution in [3.8, 4) is 0 Å². The molecule has 0 atom stereocenters. The van der Waals surface area contributed by atoms with Gasteiger partial charge in [0.1, 0.15) is 10.7 Å². The number of nitrogens with zero attached hydrogens (tertiary/aromatic N) is 1. The Morgan fingerprint density at radius 2 is 2.20 bits per heavy atom. The van der Waals surface area contributed by atoms with Gasteiger partial charge in [0.2, 0.25) is 0 Å². The summed E-state index contributed by atoms with van der Waals surface area (Å²) in [5.41, 5.74) is 11.7. The normalized spacial score (nSPS) is 10.6. The van der Waals surface area contributed by atoms with E-state index >= 15 is 0 Å². The first kappa shape index (κ1) is 11.8. The molecule has 1 amide bonds. The third-order valence-corrected chi connectivity index (χ3v) is 3.13. The maximum atomic E-state index is 10.9. The van der Waals surface area contributed by atoms with Gasteiger partial charge >= 0.3 is 0 Å². The van der Waals surface area contributed by atoms with E-state index in [2.05, 4.69) is 18.8 Å². The Kier molecular flexibility index (Phi) is 3.96. The van der Waals surface area contributed by atoms with Crippen LogP contribution in [-0.2, 0) is 0 Å². The second kappa shape index (κ2) is 5.02. The lowest BCUT2D eigenvalue weighted by Crippen LogP contribution is -2.13. The van der Waals surface area contributed by atoms with Gasteiger partial charge in [-0.15, -0.1) is 11.8 Å². The molecule has 0 aromatic carbocycles. The van der Waals surface area contributed by atoms with Gasteiger partial charge in [-0.2, -0.15) is 0 Å². The molecule has 0 aliphatic rings. The minimum atomic E-state index is -0.526. The molecule has 0 aliphatic heterocycles. The van der Waals surface area contributed by atoms with Crippen LogP contribution in [0.15, 0.2) is 17.2 Å². The highest BCUT2D eigenvalue weighted by molar-refractivity contribution is 7.99. The molecule has 5 heteroatoms. The molecule has 4 nitrogen and oxygen atoms in total. The van der Waals surface area contributed by atoms with Crippen molar-refractivity contribution in [3.05, 3.63) is 17.8 Å². The fourth-order valence-corrected chi connectivity index (χ4v) is 1.84. The summed E-state index contributed by atoms with van der Waals surface area (Å²) in [6, 6.07) is 3.20. The van der Waals surface area contributed by atoms with Gasteiger partial charge in [0.15, 0.2) is 0 Å². The van der Waals surface area contributed by atoms with Crippen molar-refractivity contribution in [1.29, 1.82) is 0 Å². The highest BCUT2D eigenvalue weighted by atomic mass is 32.2. The van der Waals surface area contributed by atoms with Gasteiger partial charge in [-0.25, -0.2) is 4.98 Å². The minimum absolute atomic E-state index is 0.260. The summed E-state index contributed by atoms with van der Waals surface area (Å²) < 4.78 is 0. The topological polar surface area (TPSA) is 82.0 Å². The summed E-state index contributed by atoms with van der Waals surface area (Å²) in [5.74, 6) is 0.939. The minimum Gasteiger partial charge on any atom is -0.397 e. The number of aromatic nitrogens is 1. The van der Waals surface area contributed by atoms with Crippen LogP contribution in [0.3, 0.4) is 0 Å². The molecule has 0 saturated carbocycles. The highest BCUT2D eigenvalue weighted by Crippen LogP contribution is 2.24. The molecule has 15 heavy (non-hydrogen) atoms. The van der Waals surface area contributed by atoms with E-state index in [0.29, 0.717) is 16.6 Å². The molecular weight excluding hydrogens is 210 g/mol. The monoisotopic (exact) mass is 225 g/mol. The molecular formula is C10H15N3OS. The number of hydrogen-bond donors (Lipinski definition) is 2. The molecule has 0 unspecified atom stereocenters. The van der Waals surface area contributed by atoms with Crippen molar-refractivity contribution >= 4 is 23.4 Å². The number of anilines is 1. The summed E-state index contributed by atoms with van der Waals surface area (Å²) in [5, 5.41) is 0.681. The maximum Gasteiger partial charge on any atom is 0.267 e. The Labute approximate surface area is 93.4 Å². The molecule has 4 N–H and O–H groups in total. The Morgan fingerprint density at radius 1 is 1.53 bits per heavy atom. The zero-order chi connectivity index (χ0) is 11.4. The molecule has 0 radical (unpaired) electrons. The Bertz CT molecular complexity index is 366. The molecule has 0 aliphatic carbocycles. The van der Waals surface area contributed by atoms with Gasteiger partial charge in [-0.05, 0) is 18.1 Å². The predicted molar refractivity (Wildman–Crippen MR) is 62.7 cm³/mol. The van der Waals surface area contributed by atoms with E-state index in [1.807, 2.05) is 0 Å². The number of amides is 1. The van der Waals surface area contributed by atoms with E-state index in [9.17, 15) is 4.79 Å². The standard InChI is InChI=1S/C10H15N3OS/c1-6(2)5-15-10-7(11)3-4-8(13-10)9(12)14/h3-4,6H,5,11H2,1-2H3,(H2,12,14). The van der Waals surface area contributed by atoms with E-state index in [1.54, 1.807) is 17.8 Å². The van der Waals surface area contributed by atoms with Crippen LogP contribution in [-0.4, -0.2) is 16.6 Å². The van der Waals surface area contributed by atoms with E-state index < -0.39 is 5.91 Å². The first-order valence-corrected chi connectivity index (χ1v) is 5.68. The highest BCUT2D eigenvalue weighted by Gasteiger charge is 2.08. The van der Waals surface area contributed by atoms with Gasteiger partial charge in [0.25, 0.3) is 5.91 Å². The number of pyridine rings is 1. The summed E-state index contributed by atoms with van der Waals surface area (Å²) in [6.45, 7) is 4.22. The fourth-order valence-electron chi connectivity index (χ4n) is 0.950. The molecule has 0 fully saturated rings. The van der Waals surface area contributed by atoms with Crippen molar-refractivity contribution in [2.75, 3.05) is 11.5 Å². The second-order valence-corrected chi connectivity index (χ2v) is 4.67. The van der Waals surface area contributed by atoms with Crippen molar-refractivity contribution < 1.29 is 4.79 Å². The van der Waals surface area contributed by atoms with E-state index in [-0.39, 0.29) is 5.69 Å². The van der Waals surface area contributed by atoms with Gasteiger partial charge in [-0.1, -0.05) is 13.8 Å². The second-order valence-electron chi connectivity index (χ2n) is 3.66. The fraction of sp³-hybridized carbons (Fsp3) is 0.400. The third kappa shape index (κ3) is 3.43. The summed E-state index contributed by atoms with van der Waals surface area (Å²) in [7, 11) is 0. The number of primary amides is 1. The molecule has 0 spiro atoms. The lowest BCUT2D eigenvalue weighted by Gasteiger charge is -2.07. The zero-order valence-electron chi connectivity index (χ0n) is 8.86. The lowest BCUT2D eigenvalue weighted by molar-refractivity contribution is 0.0995. The molecule has 0 saturated heterocycles. The summed E-state index contributed by atoms with van der Waals surface area (Å²) in [4.78, 5) is 15.0. The lowest BCUT2D eigenvalue weighted by atomic mass is 10.3. The predicted octanol–water partition coefficient (Wildman–Crippen LogP) is 1.51. The van der Waals surface area contributed by atoms with Crippen LogP contribution in [0.25, 0.3) is 0 Å². The van der Waals surface area contributed by atoms with Gasteiger partial charge in [0, 0.05) is 5.75 Å². The van der Waals surface area contributed by atoms with E-state index in [0.717, 1.165) is 5.75 Å². The number of nitrogen functional groups attached to an aromatic ring is 1. The van der Waals surface area contributed by atoms with Crippen LogP contribution in [0.4, 0.5) is 5.69 Å². The van der Waals surface area contributed by atoms with Gasteiger partial charge in [-0.3, -0.25) is 4.79 Å². The first-order chi connectivity index (χ1) is 7.00. The molecule has 0 bridgehead atoms. The summed E-state index contributed by atoms with van der Waals surface area (Å²) in [6.07, 6.45) is 0. The van der Waals surface area contributed by atoms with Crippen LogP contribution in [0.2, 0.25) is 0 Å². The average molecular weight is 225 g/mol. The van der Waals surface area contributed by atoms with Crippen LogP contribution in [0, 0.1) is 5.92 Å². The zero-order valence-corrected chi connectivity index (χ0v) is 9.67. The Morgan fingerprint density at radius 3 is 2.73 bits per heavy atom. The smallest absolute Gasteiger partial charge is 0.267 e. The molecule has 1 heterocycles. The number of rotatable bonds is 4. The number of carbonyl (C=O) groups is 1. The number of carbonyl (C=O) groups excluding carboxylic acids is 1. The largest absolute Gasteiger partial charge is 0.397 e. The van der Waals surface area contributed by atoms with Gasteiger partial charge < -0.3 is 11.5 Å². The first-order valence-electron chi connectivity index (χ1n) is 4.70. The molecule has 82 valence electrons. The number of nitrogens with two attached hydrogens (primary N) is 2. The van der Waals surface area contributed by atoms with Gasteiger partial charge in [0.05, 0.1) is 5.69 Å². The maximum absolute atomic E-state index is 10.9. The van der Waals surface area contributed by atoms with Crippen LogP contribution in [0.1, 0.15) is 24.3 Å². The number of hydrogen-bond acceptors (Lipinski definition) is 4. The molecule has 1 aromatic heterocycles. The van der Waals surface area contributed by atoms with Crippen LogP contribution in [0.5, 0.6) is 0 Å². The SMILES string of the molecule is CC(C)CSc1nc(C(N)=O)ccc1N. The molecule has 1 rings (SSSR count).